The second-order valence-electron chi connectivity index (χ2n) is 7.26. The van der Waals surface area contributed by atoms with Gasteiger partial charge in [-0.05, 0) is 54.0 Å². The molecular weight excluding hydrogens is 332 g/mol. The van der Waals surface area contributed by atoms with Crippen LogP contribution in [0.25, 0.3) is 0 Å². The second-order valence-corrected chi connectivity index (χ2v) is 8.24. The van der Waals surface area contributed by atoms with Crippen molar-refractivity contribution in [3.05, 3.63) is 45.6 Å². The predicted octanol–water partition coefficient (Wildman–Crippen LogP) is 3.63. The largest absolute Gasteiger partial charge is 0.493 e. The summed E-state index contributed by atoms with van der Waals surface area (Å²) in [6.07, 6.45) is 3.92. The third kappa shape index (κ3) is 2.12. The second kappa shape index (κ2) is 5.73. The Morgan fingerprint density at radius 3 is 2.52 bits per heavy atom. The van der Waals surface area contributed by atoms with Crippen molar-refractivity contribution < 1.29 is 9.47 Å². The van der Waals surface area contributed by atoms with Crippen LogP contribution in [0.3, 0.4) is 0 Å². The van der Waals surface area contributed by atoms with Crippen molar-refractivity contribution in [1.82, 2.24) is 9.80 Å². The summed E-state index contributed by atoms with van der Waals surface area (Å²) in [5.41, 5.74) is 3.06. The third-order valence-corrected chi connectivity index (χ3v) is 7.26. The highest BCUT2D eigenvalue weighted by Gasteiger charge is 2.54. The van der Waals surface area contributed by atoms with Gasteiger partial charge in [0.25, 0.3) is 0 Å². The summed E-state index contributed by atoms with van der Waals surface area (Å²) in [6, 6.07) is 8.95. The summed E-state index contributed by atoms with van der Waals surface area (Å²) in [5, 5.41) is 2.21. The molecule has 132 valence electrons. The maximum atomic E-state index is 5.63. The molecule has 4 aliphatic rings. The number of nitrogens with zero attached hydrogens (tertiary/aromatic N) is 2. The molecule has 0 N–H and O–H groups in total. The fourth-order valence-electron chi connectivity index (χ4n) is 5.19. The molecule has 1 atom stereocenters. The van der Waals surface area contributed by atoms with Crippen molar-refractivity contribution in [3.63, 3.8) is 0 Å². The van der Waals surface area contributed by atoms with E-state index in [1.807, 2.05) is 11.3 Å². The number of benzene rings is 1. The molecule has 5 heterocycles. The molecule has 0 saturated carbocycles. The van der Waals surface area contributed by atoms with Crippen LogP contribution in [0.15, 0.2) is 29.6 Å². The first-order valence-corrected chi connectivity index (χ1v) is 9.94. The van der Waals surface area contributed by atoms with Crippen LogP contribution in [0.5, 0.6) is 11.5 Å². The lowest BCUT2D eigenvalue weighted by molar-refractivity contribution is -0.146. The van der Waals surface area contributed by atoms with E-state index in [0.29, 0.717) is 6.17 Å². The molecule has 1 aromatic carbocycles. The number of piperidine rings is 1. The Morgan fingerprint density at radius 1 is 1.08 bits per heavy atom. The third-order valence-electron chi connectivity index (χ3n) is 6.35. The van der Waals surface area contributed by atoms with Crippen molar-refractivity contribution in [1.29, 1.82) is 0 Å². The molecule has 2 bridgehead atoms. The Hall–Kier alpha value is -1.56. The van der Waals surface area contributed by atoms with E-state index in [0.717, 1.165) is 24.5 Å². The van der Waals surface area contributed by atoms with Gasteiger partial charge in [0.05, 0.1) is 25.9 Å². The van der Waals surface area contributed by atoms with Crippen LogP contribution in [-0.2, 0) is 12.0 Å². The number of ether oxygens (including phenoxy) is 2. The summed E-state index contributed by atoms with van der Waals surface area (Å²) in [5.74, 6) is 1.72. The van der Waals surface area contributed by atoms with Gasteiger partial charge in [-0.3, -0.25) is 9.80 Å². The number of methoxy groups -OCH3 is 2. The fraction of sp³-hybridized carbons (Fsp3) is 0.500. The summed E-state index contributed by atoms with van der Waals surface area (Å²) in [6.45, 7) is 3.46. The highest BCUT2D eigenvalue weighted by Crippen LogP contribution is 2.55. The van der Waals surface area contributed by atoms with E-state index in [1.54, 1.807) is 14.2 Å². The lowest BCUT2D eigenvalue weighted by Gasteiger charge is -2.62. The molecule has 25 heavy (non-hydrogen) atoms. The van der Waals surface area contributed by atoms with Gasteiger partial charge in [0.1, 0.15) is 0 Å². The summed E-state index contributed by atoms with van der Waals surface area (Å²) >= 11 is 1.89. The van der Waals surface area contributed by atoms with Crippen LogP contribution in [0.1, 0.15) is 35.0 Å². The van der Waals surface area contributed by atoms with Gasteiger partial charge in [-0.1, -0.05) is 6.07 Å². The normalized spacial score (nSPS) is 30.6. The average Bonchev–Trinajstić information content (AvgIpc) is 3.20. The molecule has 0 radical (unpaired) electrons. The molecular formula is C20H24N2O2S. The Kier molecular flexibility index (Phi) is 3.59. The zero-order valence-electron chi connectivity index (χ0n) is 14.8. The van der Waals surface area contributed by atoms with Crippen molar-refractivity contribution in [2.75, 3.05) is 33.9 Å². The van der Waals surface area contributed by atoms with E-state index in [1.165, 1.54) is 41.9 Å². The average molecular weight is 356 g/mol. The van der Waals surface area contributed by atoms with E-state index >= 15 is 0 Å². The topological polar surface area (TPSA) is 24.9 Å². The van der Waals surface area contributed by atoms with Gasteiger partial charge in [0.15, 0.2) is 11.5 Å². The van der Waals surface area contributed by atoms with E-state index in [-0.39, 0.29) is 5.54 Å². The maximum Gasteiger partial charge on any atom is 0.161 e. The summed E-state index contributed by atoms with van der Waals surface area (Å²) in [7, 11) is 3.46. The highest BCUT2D eigenvalue weighted by molar-refractivity contribution is 7.10. The number of rotatable bonds is 3. The van der Waals surface area contributed by atoms with Crippen LogP contribution in [-0.4, -0.2) is 43.7 Å². The molecule has 0 amide bonds. The minimum atomic E-state index is 0.149. The van der Waals surface area contributed by atoms with E-state index in [4.69, 9.17) is 9.47 Å². The van der Waals surface area contributed by atoms with Crippen molar-refractivity contribution in [2.45, 2.75) is 31.0 Å². The van der Waals surface area contributed by atoms with Gasteiger partial charge in [0.2, 0.25) is 0 Å². The molecule has 4 nitrogen and oxygen atoms in total. The first kappa shape index (κ1) is 15.7. The lowest BCUT2D eigenvalue weighted by atomic mass is 9.71. The standard InChI is InChI=1S/C20H24N2O2S/c1-23-16-12-14-5-8-22-19(18-4-3-11-25-18)21-9-6-20(22,7-10-21)15(14)13-17(16)24-2/h3-4,11-13,19H,5-10H2,1-2H3/t19-/m0/s1. The quantitative estimate of drug-likeness (QED) is 0.838. The molecule has 1 aromatic heterocycles. The first-order chi connectivity index (χ1) is 12.3. The Balaban J connectivity index is 1.65. The molecule has 3 fully saturated rings. The molecule has 5 heteroatoms. The minimum Gasteiger partial charge on any atom is -0.493 e. The van der Waals surface area contributed by atoms with Gasteiger partial charge >= 0.3 is 0 Å². The first-order valence-electron chi connectivity index (χ1n) is 9.06. The number of fused-ring (bicyclic) bond motifs is 3. The van der Waals surface area contributed by atoms with Crippen molar-refractivity contribution >= 4 is 11.3 Å². The molecule has 3 saturated heterocycles. The van der Waals surface area contributed by atoms with Crippen molar-refractivity contribution in [3.8, 4) is 11.5 Å². The zero-order chi connectivity index (χ0) is 17.0. The van der Waals surface area contributed by atoms with Crippen molar-refractivity contribution in [2.24, 2.45) is 0 Å². The molecule has 0 aliphatic carbocycles. The molecule has 2 aromatic rings. The Labute approximate surface area is 153 Å². The monoisotopic (exact) mass is 356 g/mol. The van der Waals surface area contributed by atoms with Crippen LogP contribution in [0, 0.1) is 0 Å². The SMILES string of the molecule is COc1cc2c(cc1OC)C13CCN(CC1)[C@H](c1cccs1)N3CC2. The summed E-state index contributed by atoms with van der Waals surface area (Å²) in [4.78, 5) is 6.91. The molecule has 1 spiro atoms. The van der Waals surface area contributed by atoms with E-state index in [2.05, 4.69) is 39.4 Å². The Bertz CT molecular complexity index is 781. The van der Waals surface area contributed by atoms with Crippen LogP contribution < -0.4 is 9.47 Å². The van der Waals surface area contributed by atoms with Crippen LogP contribution in [0.4, 0.5) is 0 Å². The van der Waals surface area contributed by atoms with Gasteiger partial charge in [0, 0.05) is 24.5 Å². The maximum absolute atomic E-state index is 5.63. The number of hydrogen-bond acceptors (Lipinski definition) is 5. The van der Waals surface area contributed by atoms with Crippen LogP contribution in [0.2, 0.25) is 0 Å². The predicted molar refractivity (Wildman–Crippen MR) is 99.5 cm³/mol. The number of thiophene rings is 1. The highest BCUT2D eigenvalue weighted by atomic mass is 32.1. The zero-order valence-corrected chi connectivity index (χ0v) is 15.6. The van der Waals surface area contributed by atoms with Gasteiger partial charge < -0.3 is 9.47 Å². The smallest absolute Gasteiger partial charge is 0.161 e. The minimum absolute atomic E-state index is 0.149. The fourth-order valence-corrected chi connectivity index (χ4v) is 6.06. The van der Waals surface area contributed by atoms with Gasteiger partial charge in [-0.25, -0.2) is 0 Å². The number of hydrogen-bond donors (Lipinski definition) is 0. The lowest BCUT2D eigenvalue weighted by Crippen LogP contribution is -2.66. The Morgan fingerprint density at radius 2 is 1.84 bits per heavy atom. The molecule has 6 rings (SSSR count). The summed E-state index contributed by atoms with van der Waals surface area (Å²) < 4.78 is 11.2. The molecule has 4 aliphatic heterocycles. The van der Waals surface area contributed by atoms with E-state index in [9.17, 15) is 0 Å². The van der Waals surface area contributed by atoms with E-state index < -0.39 is 0 Å². The van der Waals surface area contributed by atoms with Gasteiger partial charge in [-0.2, -0.15) is 0 Å². The molecule has 0 unspecified atom stereocenters. The van der Waals surface area contributed by atoms with Gasteiger partial charge in [-0.15, -0.1) is 11.3 Å². The van der Waals surface area contributed by atoms with Crippen LogP contribution >= 0.6 is 11.3 Å².